The van der Waals surface area contributed by atoms with Crippen LogP contribution in [-0.2, 0) is 9.53 Å². The third-order valence-electron chi connectivity index (χ3n) is 2.10. The monoisotopic (exact) mass is 238 g/mol. The highest BCUT2D eigenvalue weighted by atomic mass is 16.5. The lowest BCUT2D eigenvalue weighted by molar-refractivity contribution is -0.141. The third-order valence-corrected chi connectivity index (χ3v) is 2.10. The van der Waals surface area contributed by atoms with E-state index in [4.69, 9.17) is 9.47 Å². The van der Waals surface area contributed by atoms with Crippen LogP contribution in [0.4, 0.5) is 0 Å². The molecular weight excluding hydrogens is 220 g/mol. The molecule has 0 heterocycles. The largest absolute Gasteiger partial charge is 0.494 e. The number of ether oxygens (including phenoxy) is 3. The lowest BCUT2D eigenvalue weighted by Crippen LogP contribution is -2.07. The average Bonchev–Trinajstić information content (AvgIpc) is 2.37. The lowest BCUT2D eigenvalue weighted by atomic mass is 10.3. The summed E-state index contributed by atoms with van der Waals surface area (Å²) < 4.78 is 15.3. The van der Waals surface area contributed by atoms with Gasteiger partial charge in [-0.25, -0.2) is 0 Å². The SMILES string of the molecule is CCCOc1ccc(OCCC(=O)OC)cc1. The predicted molar refractivity (Wildman–Crippen MR) is 64.4 cm³/mol. The van der Waals surface area contributed by atoms with Gasteiger partial charge in [0.15, 0.2) is 0 Å². The van der Waals surface area contributed by atoms with E-state index >= 15 is 0 Å². The van der Waals surface area contributed by atoms with Gasteiger partial charge in [-0.2, -0.15) is 0 Å². The molecule has 17 heavy (non-hydrogen) atoms. The summed E-state index contributed by atoms with van der Waals surface area (Å²) in [4.78, 5) is 10.9. The molecule has 0 fully saturated rings. The summed E-state index contributed by atoms with van der Waals surface area (Å²) in [6, 6.07) is 7.34. The number of hydrogen-bond donors (Lipinski definition) is 0. The fraction of sp³-hybridized carbons (Fsp3) is 0.462. The van der Waals surface area contributed by atoms with Crippen molar-refractivity contribution in [2.75, 3.05) is 20.3 Å². The highest BCUT2D eigenvalue weighted by molar-refractivity contribution is 5.69. The van der Waals surface area contributed by atoms with Gasteiger partial charge in [0.05, 0.1) is 26.7 Å². The van der Waals surface area contributed by atoms with E-state index < -0.39 is 0 Å². The second-order valence-corrected chi connectivity index (χ2v) is 3.49. The van der Waals surface area contributed by atoms with Crippen LogP contribution in [0.5, 0.6) is 11.5 Å². The standard InChI is InChI=1S/C13H18O4/c1-3-9-16-11-4-6-12(7-5-11)17-10-8-13(14)15-2/h4-7H,3,8-10H2,1-2H3. The van der Waals surface area contributed by atoms with Gasteiger partial charge in [-0.15, -0.1) is 0 Å². The summed E-state index contributed by atoms with van der Waals surface area (Å²) in [5.74, 6) is 1.28. The van der Waals surface area contributed by atoms with Crippen molar-refractivity contribution < 1.29 is 19.0 Å². The van der Waals surface area contributed by atoms with Gasteiger partial charge in [0.1, 0.15) is 11.5 Å². The van der Waals surface area contributed by atoms with Crippen molar-refractivity contribution in [1.29, 1.82) is 0 Å². The number of hydrogen-bond acceptors (Lipinski definition) is 4. The van der Waals surface area contributed by atoms with Crippen LogP contribution < -0.4 is 9.47 Å². The molecule has 0 aromatic heterocycles. The number of rotatable bonds is 7. The molecule has 0 aliphatic heterocycles. The zero-order valence-corrected chi connectivity index (χ0v) is 10.3. The minimum atomic E-state index is -0.270. The first-order chi connectivity index (χ1) is 8.26. The molecule has 4 heteroatoms. The summed E-state index contributed by atoms with van der Waals surface area (Å²) in [5, 5.41) is 0. The van der Waals surface area contributed by atoms with Crippen molar-refractivity contribution in [1.82, 2.24) is 0 Å². The Bertz CT molecular complexity index is 332. The van der Waals surface area contributed by atoms with E-state index in [0.717, 1.165) is 17.9 Å². The van der Waals surface area contributed by atoms with Crippen LogP contribution in [0.1, 0.15) is 19.8 Å². The number of methoxy groups -OCH3 is 1. The predicted octanol–water partition coefficient (Wildman–Crippen LogP) is 2.42. The van der Waals surface area contributed by atoms with Crippen LogP contribution in [0.15, 0.2) is 24.3 Å². The Hall–Kier alpha value is -1.71. The minimum Gasteiger partial charge on any atom is -0.494 e. The van der Waals surface area contributed by atoms with Gasteiger partial charge in [-0.3, -0.25) is 4.79 Å². The Labute approximate surface area is 101 Å². The van der Waals surface area contributed by atoms with E-state index in [-0.39, 0.29) is 12.4 Å². The van der Waals surface area contributed by atoms with Crippen LogP contribution in [0.3, 0.4) is 0 Å². The van der Waals surface area contributed by atoms with E-state index in [9.17, 15) is 4.79 Å². The molecule has 0 amide bonds. The van der Waals surface area contributed by atoms with Crippen molar-refractivity contribution in [3.8, 4) is 11.5 Å². The molecule has 0 bridgehead atoms. The first kappa shape index (κ1) is 13.4. The maximum absolute atomic E-state index is 10.9. The molecule has 1 aromatic carbocycles. The van der Waals surface area contributed by atoms with E-state index in [1.165, 1.54) is 7.11 Å². The van der Waals surface area contributed by atoms with Crippen LogP contribution in [0.2, 0.25) is 0 Å². The van der Waals surface area contributed by atoms with E-state index in [2.05, 4.69) is 11.7 Å². The molecule has 0 N–H and O–H groups in total. The van der Waals surface area contributed by atoms with Gasteiger partial charge in [0.25, 0.3) is 0 Å². The Morgan fingerprint density at radius 1 is 1.06 bits per heavy atom. The van der Waals surface area contributed by atoms with E-state index in [1.807, 2.05) is 24.3 Å². The zero-order valence-electron chi connectivity index (χ0n) is 10.3. The van der Waals surface area contributed by atoms with Crippen LogP contribution in [0.25, 0.3) is 0 Å². The molecular formula is C13H18O4. The Morgan fingerprint density at radius 2 is 1.59 bits per heavy atom. The molecule has 0 atom stereocenters. The van der Waals surface area contributed by atoms with Crippen LogP contribution in [-0.4, -0.2) is 26.3 Å². The summed E-state index contributed by atoms with van der Waals surface area (Å²) in [7, 11) is 1.36. The van der Waals surface area contributed by atoms with Crippen molar-refractivity contribution in [2.24, 2.45) is 0 Å². The lowest BCUT2D eigenvalue weighted by Gasteiger charge is -2.07. The van der Waals surface area contributed by atoms with Gasteiger partial charge >= 0.3 is 5.97 Å². The number of carbonyl (C=O) groups excluding carboxylic acids is 1. The number of benzene rings is 1. The van der Waals surface area contributed by atoms with E-state index in [0.29, 0.717) is 13.2 Å². The first-order valence-electron chi connectivity index (χ1n) is 5.68. The van der Waals surface area contributed by atoms with Gasteiger partial charge < -0.3 is 14.2 Å². The van der Waals surface area contributed by atoms with Crippen LogP contribution in [0, 0.1) is 0 Å². The van der Waals surface area contributed by atoms with Crippen molar-refractivity contribution >= 4 is 5.97 Å². The smallest absolute Gasteiger partial charge is 0.308 e. The number of carbonyl (C=O) groups is 1. The maximum Gasteiger partial charge on any atom is 0.308 e. The van der Waals surface area contributed by atoms with Crippen molar-refractivity contribution in [3.05, 3.63) is 24.3 Å². The summed E-state index contributed by atoms with van der Waals surface area (Å²) in [5.41, 5.74) is 0. The minimum absolute atomic E-state index is 0.255. The molecule has 0 radical (unpaired) electrons. The molecule has 1 aromatic rings. The van der Waals surface area contributed by atoms with Crippen molar-refractivity contribution in [3.63, 3.8) is 0 Å². The zero-order chi connectivity index (χ0) is 12.5. The highest BCUT2D eigenvalue weighted by Crippen LogP contribution is 2.17. The summed E-state index contributed by atoms with van der Waals surface area (Å²) in [6.07, 6.45) is 1.24. The summed E-state index contributed by atoms with van der Waals surface area (Å²) in [6.45, 7) is 3.09. The Balaban J connectivity index is 2.32. The van der Waals surface area contributed by atoms with Crippen LogP contribution >= 0.6 is 0 Å². The second-order valence-electron chi connectivity index (χ2n) is 3.49. The van der Waals surface area contributed by atoms with E-state index in [1.54, 1.807) is 0 Å². The molecule has 0 spiro atoms. The number of esters is 1. The molecule has 4 nitrogen and oxygen atoms in total. The molecule has 0 aliphatic carbocycles. The van der Waals surface area contributed by atoms with Crippen molar-refractivity contribution in [2.45, 2.75) is 19.8 Å². The maximum atomic E-state index is 10.9. The quantitative estimate of drug-likeness (QED) is 0.684. The van der Waals surface area contributed by atoms with Gasteiger partial charge in [-0.1, -0.05) is 6.92 Å². The molecule has 1 rings (SSSR count). The average molecular weight is 238 g/mol. The topological polar surface area (TPSA) is 44.8 Å². The Morgan fingerprint density at radius 3 is 2.06 bits per heavy atom. The highest BCUT2D eigenvalue weighted by Gasteiger charge is 2.01. The molecule has 94 valence electrons. The first-order valence-corrected chi connectivity index (χ1v) is 5.68. The molecule has 0 saturated carbocycles. The Kier molecular flexibility index (Phi) is 5.93. The fourth-order valence-corrected chi connectivity index (χ4v) is 1.21. The molecule has 0 saturated heterocycles. The summed E-state index contributed by atoms with van der Waals surface area (Å²) >= 11 is 0. The normalized spacial score (nSPS) is 9.76. The van der Waals surface area contributed by atoms with Gasteiger partial charge in [0.2, 0.25) is 0 Å². The second kappa shape index (κ2) is 7.54. The van der Waals surface area contributed by atoms with Gasteiger partial charge in [-0.05, 0) is 30.7 Å². The third kappa shape index (κ3) is 5.24. The fourth-order valence-electron chi connectivity index (χ4n) is 1.21. The molecule has 0 unspecified atom stereocenters. The molecule has 0 aliphatic rings. The van der Waals surface area contributed by atoms with Gasteiger partial charge in [0, 0.05) is 0 Å².